The van der Waals surface area contributed by atoms with Gasteiger partial charge in [0.25, 0.3) is 0 Å². The molecular formula is C20H26N2O6. The molecule has 8 heteroatoms. The molecule has 1 saturated heterocycles. The molecule has 1 saturated carbocycles. The zero-order valence-electron chi connectivity index (χ0n) is 16.2. The van der Waals surface area contributed by atoms with E-state index >= 15 is 0 Å². The van der Waals surface area contributed by atoms with E-state index in [0.717, 1.165) is 32.1 Å². The molecule has 1 heterocycles. The molecule has 2 fully saturated rings. The first-order valence-corrected chi connectivity index (χ1v) is 9.47. The number of esters is 1. The summed E-state index contributed by atoms with van der Waals surface area (Å²) in [4.78, 5) is 36.5. The minimum Gasteiger partial charge on any atom is -0.494 e. The average Bonchev–Trinajstić information content (AvgIpc) is 2.99. The second kappa shape index (κ2) is 8.60. The highest BCUT2D eigenvalue weighted by Crippen LogP contribution is 2.44. The van der Waals surface area contributed by atoms with E-state index in [2.05, 4.69) is 10.6 Å². The number of hydrogen-bond acceptors (Lipinski definition) is 6. The van der Waals surface area contributed by atoms with Gasteiger partial charge in [-0.15, -0.1) is 0 Å². The van der Waals surface area contributed by atoms with Gasteiger partial charge in [0.1, 0.15) is 18.0 Å². The lowest BCUT2D eigenvalue weighted by molar-refractivity contribution is -0.153. The van der Waals surface area contributed by atoms with Crippen molar-refractivity contribution in [3.05, 3.63) is 18.2 Å². The number of hydrogen-bond donors (Lipinski definition) is 2. The van der Waals surface area contributed by atoms with E-state index in [4.69, 9.17) is 14.2 Å². The molecule has 2 amide bonds. The highest BCUT2D eigenvalue weighted by molar-refractivity contribution is 5.98. The number of rotatable bonds is 6. The standard InChI is InChI=1S/C20H26N2O6/c1-26-12-17(23)22-15-7-6-13(10-16(15)27-2)21-19(25)14-11-18(24)28-20(14)8-4-3-5-9-20/h6-7,10,14H,3-5,8-9,11-12H2,1-2H3,(H,21,25)(H,22,23). The number of methoxy groups -OCH3 is 2. The molecule has 1 aliphatic carbocycles. The molecule has 0 bridgehead atoms. The lowest BCUT2D eigenvalue weighted by atomic mass is 9.75. The first-order chi connectivity index (χ1) is 13.5. The first-order valence-electron chi connectivity index (χ1n) is 9.47. The van der Waals surface area contributed by atoms with Crippen molar-refractivity contribution in [2.24, 2.45) is 5.92 Å². The maximum atomic E-state index is 12.9. The Morgan fingerprint density at radius 2 is 1.93 bits per heavy atom. The summed E-state index contributed by atoms with van der Waals surface area (Å²) in [6.07, 6.45) is 4.58. The maximum absolute atomic E-state index is 12.9. The van der Waals surface area contributed by atoms with Crippen LogP contribution in [0.3, 0.4) is 0 Å². The molecule has 8 nitrogen and oxygen atoms in total. The topological polar surface area (TPSA) is 103 Å². The summed E-state index contributed by atoms with van der Waals surface area (Å²) < 4.78 is 15.7. The van der Waals surface area contributed by atoms with Gasteiger partial charge in [-0.2, -0.15) is 0 Å². The van der Waals surface area contributed by atoms with Crippen LogP contribution in [0, 0.1) is 5.92 Å². The van der Waals surface area contributed by atoms with E-state index in [1.165, 1.54) is 14.2 Å². The highest BCUT2D eigenvalue weighted by Gasteiger charge is 2.52. The second-order valence-electron chi connectivity index (χ2n) is 7.24. The summed E-state index contributed by atoms with van der Waals surface area (Å²) in [6, 6.07) is 4.95. The quantitative estimate of drug-likeness (QED) is 0.724. The Bertz CT molecular complexity index is 757. The van der Waals surface area contributed by atoms with Crippen molar-refractivity contribution < 1.29 is 28.6 Å². The van der Waals surface area contributed by atoms with Crippen LogP contribution >= 0.6 is 0 Å². The van der Waals surface area contributed by atoms with Crippen LogP contribution in [0.2, 0.25) is 0 Å². The Morgan fingerprint density at radius 1 is 1.18 bits per heavy atom. The van der Waals surface area contributed by atoms with E-state index in [1.807, 2.05) is 0 Å². The van der Waals surface area contributed by atoms with Crippen molar-refractivity contribution in [2.75, 3.05) is 31.5 Å². The fourth-order valence-electron chi connectivity index (χ4n) is 4.04. The second-order valence-corrected chi connectivity index (χ2v) is 7.24. The van der Waals surface area contributed by atoms with Gasteiger partial charge in [0.2, 0.25) is 11.8 Å². The molecule has 1 aromatic rings. The van der Waals surface area contributed by atoms with Crippen molar-refractivity contribution in [1.29, 1.82) is 0 Å². The number of benzene rings is 1. The molecule has 1 atom stereocenters. The zero-order chi connectivity index (χ0) is 20.1. The average molecular weight is 390 g/mol. The molecule has 1 aromatic carbocycles. The van der Waals surface area contributed by atoms with Crippen molar-refractivity contribution in [1.82, 2.24) is 0 Å². The summed E-state index contributed by atoms with van der Waals surface area (Å²) >= 11 is 0. The van der Waals surface area contributed by atoms with Crippen molar-refractivity contribution in [3.63, 3.8) is 0 Å². The van der Waals surface area contributed by atoms with E-state index < -0.39 is 11.5 Å². The van der Waals surface area contributed by atoms with E-state index in [0.29, 0.717) is 17.1 Å². The smallest absolute Gasteiger partial charge is 0.307 e. The number of amides is 2. The minimum atomic E-state index is -0.669. The van der Waals surface area contributed by atoms with E-state index in [-0.39, 0.29) is 30.8 Å². The predicted octanol–water partition coefficient (Wildman–Crippen LogP) is 2.48. The SMILES string of the molecule is COCC(=O)Nc1ccc(NC(=O)C2CC(=O)OC23CCCCC3)cc1OC. The van der Waals surface area contributed by atoms with Crippen molar-refractivity contribution in [3.8, 4) is 5.75 Å². The first kappa shape index (κ1) is 20.1. The third-order valence-electron chi connectivity index (χ3n) is 5.36. The van der Waals surface area contributed by atoms with Gasteiger partial charge < -0.3 is 24.8 Å². The van der Waals surface area contributed by atoms with Gasteiger partial charge in [0.15, 0.2) is 0 Å². The number of ether oxygens (including phenoxy) is 3. The van der Waals surface area contributed by atoms with Crippen LogP contribution in [0.1, 0.15) is 38.5 Å². The Kier molecular flexibility index (Phi) is 6.18. The molecule has 1 unspecified atom stereocenters. The summed E-state index contributed by atoms with van der Waals surface area (Å²) in [5.74, 6) is -0.930. The van der Waals surface area contributed by atoms with Gasteiger partial charge >= 0.3 is 5.97 Å². The van der Waals surface area contributed by atoms with Gasteiger partial charge in [-0.25, -0.2) is 0 Å². The van der Waals surface area contributed by atoms with E-state index in [1.54, 1.807) is 18.2 Å². The zero-order valence-corrected chi connectivity index (χ0v) is 16.2. The third kappa shape index (κ3) is 4.27. The number of carbonyl (C=O) groups excluding carboxylic acids is 3. The van der Waals surface area contributed by atoms with Crippen LogP contribution < -0.4 is 15.4 Å². The largest absolute Gasteiger partial charge is 0.494 e. The van der Waals surface area contributed by atoms with Crippen LogP contribution in [0.5, 0.6) is 5.75 Å². The van der Waals surface area contributed by atoms with Gasteiger partial charge in [-0.1, -0.05) is 6.42 Å². The minimum absolute atomic E-state index is 0.0700. The molecule has 0 aromatic heterocycles. The molecule has 152 valence electrons. The van der Waals surface area contributed by atoms with Gasteiger partial charge in [-0.3, -0.25) is 14.4 Å². The Balaban J connectivity index is 1.73. The lowest BCUT2D eigenvalue weighted by Gasteiger charge is -2.36. The van der Waals surface area contributed by atoms with Gasteiger partial charge in [0, 0.05) is 18.9 Å². The fourth-order valence-corrected chi connectivity index (χ4v) is 4.04. The number of anilines is 2. The molecule has 2 N–H and O–H groups in total. The Morgan fingerprint density at radius 3 is 2.61 bits per heavy atom. The molecule has 1 aliphatic heterocycles. The van der Waals surface area contributed by atoms with Crippen LogP contribution in [0.4, 0.5) is 11.4 Å². The summed E-state index contributed by atoms with van der Waals surface area (Å²) in [7, 11) is 2.92. The van der Waals surface area contributed by atoms with Crippen molar-refractivity contribution in [2.45, 2.75) is 44.1 Å². The van der Waals surface area contributed by atoms with Gasteiger partial charge in [0.05, 0.1) is 25.1 Å². The molecule has 1 spiro atoms. The molecule has 2 aliphatic rings. The maximum Gasteiger partial charge on any atom is 0.307 e. The van der Waals surface area contributed by atoms with Gasteiger partial charge in [-0.05, 0) is 37.8 Å². The third-order valence-corrected chi connectivity index (χ3v) is 5.36. The van der Waals surface area contributed by atoms with Crippen LogP contribution in [0.25, 0.3) is 0 Å². The fraction of sp³-hybridized carbons (Fsp3) is 0.550. The highest BCUT2D eigenvalue weighted by atomic mass is 16.6. The normalized spacial score (nSPS) is 20.5. The lowest BCUT2D eigenvalue weighted by Crippen LogP contribution is -2.43. The molecule has 3 rings (SSSR count). The summed E-state index contributed by atoms with van der Waals surface area (Å²) in [5.41, 5.74) is 0.333. The predicted molar refractivity (Wildman–Crippen MR) is 102 cm³/mol. The monoisotopic (exact) mass is 390 g/mol. The molecular weight excluding hydrogens is 364 g/mol. The van der Waals surface area contributed by atoms with Crippen molar-refractivity contribution >= 4 is 29.2 Å². The summed E-state index contributed by atoms with van der Waals surface area (Å²) in [6.45, 7) is -0.0700. The van der Waals surface area contributed by atoms with Crippen LogP contribution in [-0.4, -0.2) is 44.2 Å². The molecule has 28 heavy (non-hydrogen) atoms. The number of carbonyl (C=O) groups is 3. The van der Waals surface area contributed by atoms with Crippen LogP contribution in [-0.2, 0) is 23.9 Å². The van der Waals surface area contributed by atoms with E-state index in [9.17, 15) is 14.4 Å². The Hall–Kier alpha value is -2.61. The van der Waals surface area contributed by atoms with Crippen LogP contribution in [0.15, 0.2) is 18.2 Å². The molecule has 0 radical (unpaired) electrons. The summed E-state index contributed by atoms with van der Waals surface area (Å²) in [5, 5.41) is 5.55. The number of nitrogens with one attached hydrogen (secondary N) is 2. The Labute approximate surface area is 163 Å².